The molecule has 0 bridgehead atoms. The minimum atomic E-state index is -1.29. The van der Waals surface area contributed by atoms with Gasteiger partial charge in [0.05, 0.1) is 11.4 Å². The summed E-state index contributed by atoms with van der Waals surface area (Å²) < 4.78 is 12.4. The number of hydrogen-bond acceptors (Lipinski definition) is 4. The minimum Gasteiger partial charge on any atom is -0.350 e. The van der Waals surface area contributed by atoms with Gasteiger partial charge in [-0.05, 0) is 27.7 Å². The highest BCUT2D eigenvalue weighted by Crippen LogP contribution is 2.24. The zero-order valence-corrected chi connectivity index (χ0v) is 15.5. The van der Waals surface area contributed by atoms with E-state index in [9.17, 15) is 9.00 Å². The van der Waals surface area contributed by atoms with E-state index in [1.54, 1.807) is 6.92 Å². The average molecular weight is 351 g/mol. The second-order valence-corrected chi connectivity index (χ2v) is 9.03. The number of thiazole rings is 1. The van der Waals surface area contributed by atoms with E-state index >= 15 is 0 Å². The van der Waals surface area contributed by atoms with Crippen molar-refractivity contribution in [3.63, 3.8) is 0 Å². The number of nitrogens with zero attached hydrogens (tertiary/aromatic N) is 1. The van der Waals surface area contributed by atoms with Crippen LogP contribution in [0.15, 0.2) is 35.7 Å². The van der Waals surface area contributed by atoms with Gasteiger partial charge >= 0.3 is 0 Å². The Bertz CT molecular complexity index is 690. The van der Waals surface area contributed by atoms with E-state index in [1.807, 2.05) is 56.5 Å². The second-order valence-electron chi connectivity index (χ2n) is 6.42. The number of benzene rings is 1. The van der Waals surface area contributed by atoms with Gasteiger partial charge in [0.2, 0.25) is 5.91 Å². The fourth-order valence-corrected chi connectivity index (χ4v) is 3.87. The Morgan fingerprint density at radius 3 is 2.57 bits per heavy atom. The molecule has 0 aliphatic heterocycles. The van der Waals surface area contributed by atoms with Gasteiger partial charge in [-0.15, -0.1) is 11.3 Å². The van der Waals surface area contributed by atoms with Crippen molar-refractivity contribution in [3.05, 3.63) is 41.4 Å². The van der Waals surface area contributed by atoms with Crippen LogP contribution in [-0.4, -0.2) is 25.9 Å². The van der Waals surface area contributed by atoms with Gasteiger partial charge < -0.3 is 5.32 Å². The number of carbonyl (C=O) groups is 1. The molecule has 0 saturated heterocycles. The van der Waals surface area contributed by atoms with Crippen molar-refractivity contribution in [2.75, 3.05) is 0 Å². The van der Waals surface area contributed by atoms with Crippen LogP contribution in [0.2, 0.25) is 0 Å². The van der Waals surface area contributed by atoms with Gasteiger partial charge in [0.1, 0.15) is 10.3 Å². The Labute approximate surface area is 143 Å². The lowest BCUT2D eigenvalue weighted by Crippen LogP contribution is -2.46. The topological polar surface area (TPSA) is 59.1 Å². The quantitative estimate of drug-likeness (QED) is 0.899. The standard InChI is InChI=1S/C17H22N2O2S2/c1-12(15(20)19-17(2,3)4)23(21)11-14-10-22-16(18-14)13-8-6-5-7-9-13/h5-10,12H,11H2,1-4H3,(H,19,20)/t12-,23+/m1/s1. The molecule has 2 atom stereocenters. The van der Waals surface area contributed by atoms with Gasteiger partial charge in [0, 0.05) is 27.3 Å². The monoisotopic (exact) mass is 350 g/mol. The van der Waals surface area contributed by atoms with Crippen molar-refractivity contribution in [2.24, 2.45) is 0 Å². The fourth-order valence-electron chi connectivity index (χ4n) is 1.95. The molecule has 1 heterocycles. The number of nitrogens with one attached hydrogen (secondary N) is 1. The van der Waals surface area contributed by atoms with E-state index in [0.717, 1.165) is 16.3 Å². The van der Waals surface area contributed by atoms with Crippen LogP contribution in [0.4, 0.5) is 0 Å². The second kappa shape index (κ2) is 7.36. The van der Waals surface area contributed by atoms with Crippen LogP contribution >= 0.6 is 11.3 Å². The van der Waals surface area contributed by atoms with Crippen molar-refractivity contribution < 1.29 is 9.00 Å². The third-order valence-corrected chi connectivity index (χ3v) is 5.65. The highest BCUT2D eigenvalue weighted by molar-refractivity contribution is 7.85. The van der Waals surface area contributed by atoms with E-state index < -0.39 is 16.0 Å². The largest absolute Gasteiger partial charge is 0.350 e. The molecular weight excluding hydrogens is 328 g/mol. The molecule has 124 valence electrons. The lowest BCUT2D eigenvalue weighted by molar-refractivity contribution is -0.121. The van der Waals surface area contributed by atoms with Crippen LogP contribution < -0.4 is 5.32 Å². The first-order valence-electron chi connectivity index (χ1n) is 7.45. The molecule has 4 nitrogen and oxygen atoms in total. The summed E-state index contributed by atoms with van der Waals surface area (Å²) in [5, 5.41) is 5.13. The van der Waals surface area contributed by atoms with E-state index in [4.69, 9.17) is 0 Å². The first kappa shape index (κ1) is 17.8. The normalized spacial score (nSPS) is 14.3. The lowest BCUT2D eigenvalue weighted by atomic mass is 10.1. The minimum absolute atomic E-state index is 0.186. The van der Waals surface area contributed by atoms with E-state index in [-0.39, 0.29) is 11.4 Å². The van der Waals surface area contributed by atoms with E-state index in [1.165, 1.54) is 11.3 Å². The van der Waals surface area contributed by atoms with Crippen LogP contribution in [0, 0.1) is 0 Å². The molecule has 2 aromatic rings. The highest BCUT2D eigenvalue weighted by Gasteiger charge is 2.24. The third-order valence-electron chi connectivity index (χ3n) is 3.12. The molecule has 23 heavy (non-hydrogen) atoms. The maximum absolute atomic E-state index is 12.4. The summed E-state index contributed by atoms with van der Waals surface area (Å²) >= 11 is 1.53. The third kappa shape index (κ3) is 5.25. The number of carbonyl (C=O) groups excluding carboxylic acids is 1. The van der Waals surface area contributed by atoms with Crippen LogP contribution in [0.25, 0.3) is 10.6 Å². The Morgan fingerprint density at radius 1 is 1.30 bits per heavy atom. The van der Waals surface area contributed by atoms with Gasteiger partial charge in [0.15, 0.2) is 0 Å². The van der Waals surface area contributed by atoms with Crippen LogP contribution in [0.1, 0.15) is 33.4 Å². The predicted octanol–water partition coefficient (Wildman–Crippen LogP) is 3.36. The van der Waals surface area contributed by atoms with Gasteiger partial charge in [-0.25, -0.2) is 4.98 Å². The molecule has 0 aliphatic rings. The van der Waals surface area contributed by atoms with Gasteiger partial charge in [-0.3, -0.25) is 9.00 Å². The SMILES string of the molecule is C[C@H](C(=O)NC(C)(C)C)[S@@](=O)Cc1csc(-c2ccccc2)n1. The lowest BCUT2D eigenvalue weighted by Gasteiger charge is -2.22. The Morgan fingerprint density at radius 2 is 1.96 bits per heavy atom. The first-order valence-corrected chi connectivity index (χ1v) is 9.71. The summed E-state index contributed by atoms with van der Waals surface area (Å²) in [6.45, 7) is 7.43. The summed E-state index contributed by atoms with van der Waals surface area (Å²) in [6.07, 6.45) is 0. The highest BCUT2D eigenvalue weighted by atomic mass is 32.2. The van der Waals surface area contributed by atoms with E-state index in [2.05, 4.69) is 10.3 Å². The molecule has 0 spiro atoms. The zero-order chi connectivity index (χ0) is 17.0. The first-order chi connectivity index (χ1) is 10.8. The zero-order valence-electron chi connectivity index (χ0n) is 13.8. The smallest absolute Gasteiger partial charge is 0.235 e. The molecule has 0 radical (unpaired) electrons. The molecule has 0 fully saturated rings. The Hall–Kier alpha value is -1.53. The van der Waals surface area contributed by atoms with Crippen LogP contribution in [0.5, 0.6) is 0 Å². The number of hydrogen-bond donors (Lipinski definition) is 1. The van der Waals surface area contributed by atoms with Crippen molar-refractivity contribution in [1.82, 2.24) is 10.3 Å². The van der Waals surface area contributed by atoms with E-state index in [0.29, 0.717) is 5.75 Å². The molecule has 1 aromatic carbocycles. The van der Waals surface area contributed by atoms with Crippen molar-refractivity contribution in [3.8, 4) is 10.6 Å². The molecule has 1 amide bonds. The van der Waals surface area contributed by atoms with Crippen molar-refractivity contribution in [1.29, 1.82) is 0 Å². The molecular formula is C17H22N2O2S2. The number of amides is 1. The van der Waals surface area contributed by atoms with Crippen LogP contribution in [-0.2, 0) is 21.3 Å². The summed E-state index contributed by atoms with van der Waals surface area (Å²) in [4.78, 5) is 16.6. The molecule has 1 aromatic heterocycles. The van der Waals surface area contributed by atoms with Gasteiger partial charge in [-0.2, -0.15) is 0 Å². The summed E-state index contributed by atoms with van der Waals surface area (Å²) in [5.74, 6) is 0.108. The Balaban J connectivity index is 2.01. The number of rotatable bonds is 5. The molecule has 1 N–H and O–H groups in total. The molecule has 2 rings (SSSR count). The van der Waals surface area contributed by atoms with Crippen molar-refractivity contribution >= 4 is 28.0 Å². The molecule has 0 aliphatic carbocycles. The summed E-state index contributed by atoms with van der Waals surface area (Å²) in [7, 11) is -1.29. The molecule has 6 heteroatoms. The maximum Gasteiger partial charge on any atom is 0.235 e. The average Bonchev–Trinajstić information content (AvgIpc) is 2.94. The fraction of sp³-hybridized carbons (Fsp3) is 0.412. The van der Waals surface area contributed by atoms with Gasteiger partial charge in [0.25, 0.3) is 0 Å². The summed E-state index contributed by atoms with van der Waals surface area (Å²) in [5.41, 5.74) is 1.49. The molecule has 0 unspecified atom stereocenters. The van der Waals surface area contributed by atoms with Crippen LogP contribution in [0.3, 0.4) is 0 Å². The van der Waals surface area contributed by atoms with Crippen molar-refractivity contribution in [2.45, 2.75) is 44.2 Å². The molecule has 0 saturated carbocycles. The Kier molecular flexibility index (Phi) is 5.70. The predicted molar refractivity (Wildman–Crippen MR) is 96.8 cm³/mol. The van der Waals surface area contributed by atoms with Gasteiger partial charge in [-0.1, -0.05) is 30.3 Å². The summed E-state index contributed by atoms with van der Waals surface area (Å²) in [6, 6.07) is 9.89. The number of aromatic nitrogens is 1. The maximum atomic E-state index is 12.4.